The third kappa shape index (κ3) is 2.83. The van der Waals surface area contributed by atoms with Gasteiger partial charge in [-0.05, 0) is 43.2 Å². The topological polar surface area (TPSA) is 24.1 Å². The molecule has 2 nitrogen and oxygen atoms in total. The molecule has 1 aromatic rings. The lowest BCUT2D eigenvalue weighted by Gasteiger charge is -2.41. The van der Waals surface area contributed by atoms with Crippen LogP contribution in [0.25, 0.3) is 0 Å². The molecule has 19 heavy (non-hydrogen) atoms. The summed E-state index contributed by atoms with van der Waals surface area (Å²) in [6.07, 6.45) is 7.64. The maximum Gasteiger partial charge on any atom is 0.0336 e. The molecule has 0 spiro atoms. The van der Waals surface area contributed by atoms with Gasteiger partial charge in [0.2, 0.25) is 0 Å². The van der Waals surface area contributed by atoms with E-state index in [-0.39, 0.29) is 0 Å². The Balaban J connectivity index is 1.70. The lowest BCUT2D eigenvalue weighted by atomic mass is 9.83. The molecule has 1 fully saturated rings. The number of fused-ring (bicyclic) bond motifs is 1. The molecule has 1 aliphatic heterocycles. The molecular weight excluding hydrogens is 252 g/mol. The zero-order valence-corrected chi connectivity index (χ0v) is 12.6. The molecule has 1 unspecified atom stereocenters. The molecule has 0 bridgehead atoms. The summed E-state index contributed by atoms with van der Waals surface area (Å²) in [5.74, 6) is 0. The summed E-state index contributed by atoms with van der Waals surface area (Å²) >= 11 is 2.06. The molecule has 0 radical (unpaired) electrons. The van der Waals surface area contributed by atoms with Crippen LogP contribution in [-0.2, 0) is 6.54 Å². The van der Waals surface area contributed by atoms with E-state index in [4.69, 9.17) is 0 Å². The summed E-state index contributed by atoms with van der Waals surface area (Å²) in [5.41, 5.74) is 2.97. The van der Waals surface area contributed by atoms with Crippen LogP contribution >= 0.6 is 11.8 Å². The van der Waals surface area contributed by atoms with Crippen LogP contribution in [-0.4, -0.2) is 24.1 Å². The Morgan fingerprint density at radius 1 is 1.37 bits per heavy atom. The van der Waals surface area contributed by atoms with Crippen LogP contribution in [0, 0.1) is 0 Å². The number of nitrogens with one attached hydrogen (secondary N) is 2. The van der Waals surface area contributed by atoms with E-state index >= 15 is 0 Å². The molecule has 1 heterocycles. The van der Waals surface area contributed by atoms with Crippen LogP contribution in [0.4, 0.5) is 0 Å². The van der Waals surface area contributed by atoms with Gasteiger partial charge in [0.15, 0.2) is 0 Å². The van der Waals surface area contributed by atoms with Gasteiger partial charge in [-0.3, -0.25) is 0 Å². The maximum absolute atomic E-state index is 3.85. The van der Waals surface area contributed by atoms with Crippen LogP contribution in [0.2, 0.25) is 0 Å². The minimum absolute atomic E-state index is 0.522. The van der Waals surface area contributed by atoms with Gasteiger partial charge >= 0.3 is 0 Å². The molecule has 1 saturated carbocycles. The highest BCUT2D eigenvalue weighted by Gasteiger charge is 2.36. The third-order valence-corrected chi connectivity index (χ3v) is 6.14. The lowest BCUT2D eigenvalue weighted by Crippen LogP contribution is -2.44. The number of thioether (sulfide) groups is 1. The normalized spacial score (nSPS) is 25.2. The van der Waals surface area contributed by atoms with E-state index in [1.54, 1.807) is 0 Å². The minimum Gasteiger partial charge on any atom is -0.313 e. The fraction of sp³-hybridized carbons (Fsp3) is 0.625. The summed E-state index contributed by atoms with van der Waals surface area (Å²) in [5, 5.41) is 7.38. The molecule has 1 aromatic carbocycles. The first kappa shape index (κ1) is 13.5. The van der Waals surface area contributed by atoms with Gasteiger partial charge in [0.05, 0.1) is 0 Å². The SMILES string of the molecule is CSC1(CNC2CCNCc3ccccc32)CCC1. The van der Waals surface area contributed by atoms with Gasteiger partial charge in [-0.15, -0.1) is 0 Å². The molecule has 104 valence electrons. The van der Waals surface area contributed by atoms with Gasteiger partial charge in [0.25, 0.3) is 0 Å². The first-order chi connectivity index (χ1) is 9.33. The first-order valence-corrected chi connectivity index (χ1v) is 8.62. The average Bonchev–Trinajstić information content (AvgIpc) is 2.61. The summed E-state index contributed by atoms with van der Waals surface area (Å²) in [6, 6.07) is 9.41. The standard InChI is InChI=1S/C16H24N2S/c1-19-16(8-4-9-16)12-18-15-7-10-17-11-13-5-2-3-6-14(13)15/h2-3,5-6,15,17-18H,4,7-12H2,1H3. The van der Waals surface area contributed by atoms with Crippen LogP contribution < -0.4 is 10.6 Å². The second kappa shape index (κ2) is 5.86. The number of benzene rings is 1. The van der Waals surface area contributed by atoms with Crippen molar-refractivity contribution in [1.82, 2.24) is 10.6 Å². The van der Waals surface area contributed by atoms with Gasteiger partial charge in [-0.25, -0.2) is 0 Å². The van der Waals surface area contributed by atoms with E-state index in [0.717, 1.165) is 19.6 Å². The van der Waals surface area contributed by atoms with Gasteiger partial charge in [-0.1, -0.05) is 30.7 Å². The van der Waals surface area contributed by atoms with Crippen molar-refractivity contribution >= 4 is 11.8 Å². The monoisotopic (exact) mass is 276 g/mol. The molecule has 3 rings (SSSR count). The van der Waals surface area contributed by atoms with E-state index in [1.807, 2.05) is 0 Å². The maximum atomic E-state index is 3.85. The Kier molecular flexibility index (Phi) is 4.15. The summed E-state index contributed by atoms with van der Waals surface area (Å²) in [6.45, 7) is 3.29. The third-order valence-electron chi connectivity index (χ3n) is 4.72. The van der Waals surface area contributed by atoms with Crippen molar-refractivity contribution in [2.75, 3.05) is 19.3 Å². The minimum atomic E-state index is 0.522. The van der Waals surface area contributed by atoms with Crippen molar-refractivity contribution in [2.45, 2.75) is 43.0 Å². The van der Waals surface area contributed by atoms with E-state index < -0.39 is 0 Å². The van der Waals surface area contributed by atoms with E-state index in [9.17, 15) is 0 Å². The molecule has 0 aromatic heterocycles. The van der Waals surface area contributed by atoms with Crippen LogP contribution in [0.5, 0.6) is 0 Å². The van der Waals surface area contributed by atoms with Crippen LogP contribution in [0.15, 0.2) is 24.3 Å². The Morgan fingerprint density at radius 2 is 2.21 bits per heavy atom. The second-order valence-corrected chi connectivity index (χ2v) is 7.11. The highest BCUT2D eigenvalue weighted by atomic mass is 32.2. The van der Waals surface area contributed by atoms with E-state index in [2.05, 4.69) is 52.9 Å². The largest absolute Gasteiger partial charge is 0.313 e. The molecule has 0 saturated heterocycles. The molecule has 2 aliphatic rings. The van der Waals surface area contributed by atoms with E-state index in [1.165, 1.54) is 36.8 Å². The summed E-state index contributed by atoms with van der Waals surface area (Å²) < 4.78 is 0.522. The highest BCUT2D eigenvalue weighted by molar-refractivity contribution is 8.00. The number of rotatable bonds is 4. The van der Waals surface area contributed by atoms with Crippen LogP contribution in [0.1, 0.15) is 42.9 Å². The second-order valence-electron chi connectivity index (χ2n) is 5.84. The smallest absolute Gasteiger partial charge is 0.0336 e. The average molecular weight is 276 g/mol. The van der Waals surface area contributed by atoms with E-state index in [0.29, 0.717) is 10.8 Å². The quantitative estimate of drug-likeness (QED) is 0.883. The van der Waals surface area contributed by atoms with Gasteiger partial charge in [-0.2, -0.15) is 11.8 Å². The van der Waals surface area contributed by atoms with Crippen molar-refractivity contribution in [3.63, 3.8) is 0 Å². The Morgan fingerprint density at radius 3 is 2.95 bits per heavy atom. The molecule has 2 N–H and O–H groups in total. The van der Waals surface area contributed by atoms with Crippen molar-refractivity contribution in [3.05, 3.63) is 35.4 Å². The fourth-order valence-electron chi connectivity index (χ4n) is 3.21. The fourth-order valence-corrected chi connectivity index (χ4v) is 4.13. The van der Waals surface area contributed by atoms with Gasteiger partial charge < -0.3 is 10.6 Å². The zero-order valence-electron chi connectivity index (χ0n) is 11.7. The molecule has 1 atom stereocenters. The highest BCUT2D eigenvalue weighted by Crippen LogP contribution is 2.42. The predicted octanol–water partition coefficient (Wildman–Crippen LogP) is 3.10. The molecular formula is C16H24N2S. The summed E-state index contributed by atoms with van der Waals surface area (Å²) in [4.78, 5) is 0. The van der Waals surface area contributed by atoms with Crippen molar-refractivity contribution < 1.29 is 0 Å². The summed E-state index contributed by atoms with van der Waals surface area (Å²) in [7, 11) is 0. The van der Waals surface area contributed by atoms with Gasteiger partial charge in [0.1, 0.15) is 0 Å². The van der Waals surface area contributed by atoms with Crippen molar-refractivity contribution in [1.29, 1.82) is 0 Å². The molecule has 1 aliphatic carbocycles. The van der Waals surface area contributed by atoms with Crippen molar-refractivity contribution in [3.8, 4) is 0 Å². The number of hydrogen-bond donors (Lipinski definition) is 2. The Bertz CT molecular complexity index is 423. The molecule has 3 heteroatoms. The predicted molar refractivity (Wildman–Crippen MR) is 83.6 cm³/mol. The lowest BCUT2D eigenvalue weighted by molar-refractivity contribution is 0.326. The van der Waals surface area contributed by atoms with Gasteiger partial charge in [0, 0.05) is 23.9 Å². The zero-order chi connectivity index (χ0) is 13.1. The number of hydrogen-bond acceptors (Lipinski definition) is 3. The van der Waals surface area contributed by atoms with Crippen LogP contribution in [0.3, 0.4) is 0 Å². The van der Waals surface area contributed by atoms with Crippen molar-refractivity contribution in [2.24, 2.45) is 0 Å². The first-order valence-electron chi connectivity index (χ1n) is 7.40. The Labute approximate surface area is 120 Å². The Hall–Kier alpha value is -0.510. The molecule has 0 amide bonds.